The number of pyridine rings is 1. The topological polar surface area (TPSA) is 126 Å². The van der Waals surface area contributed by atoms with E-state index in [1.165, 1.54) is 16.7 Å². The first kappa shape index (κ1) is 28.7. The second kappa shape index (κ2) is 11.8. The number of nitriles is 1. The molecular weight excluding hydrogens is 524 g/mol. The monoisotopic (exact) mass is 556 g/mol. The molecule has 2 heterocycles. The molecule has 0 aliphatic rings. The van der Waals surface area contributed by atoms with Gasteiger partial charge in [0.1, 0.15) is 5.82 Å². The molecule has 1 N–H and O–H groups in total. The number of aromatic hydroxyl groups is 1. The molecule has 0 saturated carbocycles. The van der Waals surface area contributed by atoms with Crippen LogP contribution in [0.4, 0.5) is 0 Å². The molecular formula is C31H32N4O4S. The fourth-order valence-corrected chi connectivity index (χ4v) is 6.29. The van der Waals surface area contributed by atoms with E-state index in [9.17, 15) is 23.6 Å². The Bertz CT molecular complexity index is 1740. The first-order valence-corrected chi connectivity index (χ1v) is 14.7. The fraction of sp³-hybridized carbons (Fsp3) is 0.290. The number of aryl methyl sites for hydroxylation is 2. The van der Waals surface area contributed by atoms with Crippen LogP contribution in [0.25, 0.3) is 11.1 Å². The van der Waals surface area contributed by atoms with Crippen LogP contribution in [0.15, 0.2) is 81.6 Å². The van der Waals surface area contributed by atoms with Crippen molar-refractivity contribution in [2.24, 2.45) is 5.92 Å². The Labute approximate surface area is 234 Å². The Kier molecular flexibility index (Phi) is 8.50. The van der Waals surface area contributed by atoms with Gasteiger partial charge < -0.3 is 5.11 Å². The van der Waals surface area contributed by atoms with Gasteiger partial charge in [-0.2, -0.15) is 10.2 Å². The summed E-state index contributed by atoms with van der Waals surface area (Å²) < 4.78 is 29.1. The molecule has 0 unspecified atom stereocenters. The summed E-state index contributed by atoms with van der Waals surface area (Å²) >= 11 is 0. The summed E-state index contributed by atoms with van der Waals surface area (Å²) in [5.41, 5.74) is 2.78. The normalized spacial score (nSPS) is 12.3. The van der Waals surface area contributed by atoms with Crippen molar-refractivity contribution < 1.29 is 13.5 Å². The van der Waals surface area contributed by atoms with Gasteiger partial charge in [0.2, 0.25) is 15.7 Å². The van der Waals surface area contributed by atoms with Crippen LogP contribution in [0.2, 0.25) is 0 Å². The SMILES string of the molecule is CCCCc1nc(=O)c(S(=O)(=O)c2ccc(-c3ccncc3C)cc2)c(O)n1[C@H](c1cccc(C#N)c1)C(C)C. The minimum absolute atomic E-state index is 0.127. The van der Waals surface area contributed by atoms with E-state index in [4.69, 9.17) is 0 Å². The van der Waals surface area contributed by atoms with Crippen molar-refractivity contribution in [1.82, 2.24) is 14.5 Å². The van der Waals surface area contributed by atoms with E-state index in [2.05, 4.69) is 16.0 Å². The lowest BCUT2D eigenvalue weighted by Gasteiger charge is -2.29. The van der Waals surface area contributed by atoms with Crippen molar-refractivity contribution in [3.63, 3.8) is 0 Å². The van der Waals surface area contributed by atoms with Gasteiger partial charge in [0.15, 0.2) is 4.90 Å². The molecule has 0 amide bonds. The second-order valence-corrected chi connectivity index (χ2v) is 12.0. The highest BCUT2D eigenvalue weighted by atomic mass is 32.2. The Morgan fingerprint density at radius 1 is 1.10 bits per heavy atom. The van der Waals surface area contributed by atoms with Crippen LogP contribution in [0.1, 0.15) is 62.2 Å². The van der Waals surface area contributed by atoms with Crippen molar-refractivity contribution >= 4 is 9.84 Å². The van der Waals surface area contributed by atoms with Crippen LogP contribution in [-0.2, 0) is 16.3 Å². The smallest absolute Gasteiger partial charge is 0.296 e. The highest BCUT2D eigenvalue weighted by molar-refractivity contribution is 7.91. The zero-order valence-electron chi connectivity index (χ0n) is 23.0. The number of rotatable bonds is 9. The average molecular weight is 557 g/mol. The molecule has 2 aromatic heterocycles. The number of hydrogen-bond donors (Lipinski definition) is 1. The van der Waals surface area contributed by atoms with E-state index in [1.807, 2.05) is 39.8 Å². The van der Waals surface area contributed by atoms with Crippen molar-refractivity contribution in [3.05, 3.63) is 99.9 Å². The van der Waals surface area contributed by atoms with Crippen molar-refractivity contribution in [3.8, 4) is 23.1 Å². The first-order chi connectivity index (χ1) is 19.1. The number of sulfone groups is 1. The van der Waals surface area contributed by atoms with Crippen LogP contribution < -0.4 is 5.56 Å². The van der Waals surface area contributed by atoms with Crippen LogP contribution in [0.5, 0.6) is 5.88 Å². The predicted molar refractivity (Wildman–Crippen MR) is 153 cm³/mol. The summed E-state index contributed by atoms with van der Waals surface area (Å²) in [5, 5.41) is 21.1. The largest absolute Gasteiger partial charge is 0.493 e. The average Bonchev–Trinajstić information content (AvgIpc) is 2.93. The molecule has 0 aliphatic carbocycles. The van der Waals surface area contributed by atoms with E-state index in [0.29, 0.717) is 29.8 Å². The Morgan fingerprint density at radius 3 is 2.45 bits per heavy atom. The lowest BCUT2D eigenvalue weighted by Crippen LogP contribution is -2.29. The molecule has 206 valence electrons. The van der Waals surface area contributed by atoms with Gasteiger partial charge in [-0.15, -0.1) is 0 Å². The molecule has 2 aromatic carbocycles. The lowest BCUT2D eigenvalue weighted by molar-refractivity contribution is 0.326. The maximum absolute atomic E-state index is 13.8. The lowest BCUT2D eigenvalue weighted by atomic mass is 9.94. The van der Waals surface area contributed by atoms with Crippen molar-refractivity contribution in [2.45, 2.75) is 62.8 Å². The molecule has 0 bridgehead atoms. The maximum Gasteiger partial charge on any atom is 0.296 e. The van der Waals surface area contributed by atoms with Gasteiger partial charge in [-0.05, 0) is 71.8 Å². The number of unbranched alkanes of at least 4 members (excludes halogenated alkanes) is 1. The van der Waals surface area contributed by atoms with E-state index in [0.717, 1.165) is 23.1 Å². The van der Waals surface area contributed by atoms with Gasteiger partial charge in [0.05, 0.1) is 22.6 Å². The summed E-state index contributed by atoms with van der Waals surface area (Å²) in [6.07, 6.45) is 5.27. The third kappa shape index (κ3) is 5.54. The van der Waals surface area contributed by atoms with E-state index >= 15 is 0 Å². The van der Waals surface area contributed by atoms with Crippen LogP contribution in [0, 0.1) is 24.2 Å². The standard InChI is InChI=1S/C31H32N4O4S/c1-5-6-10-27-34-30(36)29(31(37)35(27)28(20(2)3)24-9-7-8-22(17-24)18-32)40(38,39)25-13-11-23(12-14-25)26-15-16-33-19-21(26)4/h7-9,11-17,19-20,28,37H,5-6,10H2,1-4H3/t28-/m0/s1. The van der Waals surface area contributed by atoms with Gasteiger partial charge in [0, 0.05) is 18.8 Å². The van der Waals surface area contributed by atoms with E-state index in [-0.39, 0.29) is 10.8 Å². The van der Waals surface area contributed by atoms with Gasteiger partial charge in [-0.1, -0.05) is 51.5 Å². The predicted octanol–water partition coefficient (Wildman–Crippen LogP) is 5.61. The first-order valence-electron chi connectivity index (χ1n) is 13.2. The zero-order chi connectivity index (χ0) is 29.0. The molecule has 40 heavy (non-hydrogen) atoms. The second-order valence-electron chi connectivity index (χ2n) is 10.1. The molecule has 0 spiro atoms. The number of nitrogens with zero attached hydrogens (tertiary/aromatic N) is 4. The van der Waals surface area contributed by atoms with E-state index in [1.54, 1.807) is 42.7 Å². The summed E-state index contributed by atoms with van der Waals surface area (Å²) in [4.78, 5) is 20.7. The molecule has 8 nitrogen and oxygen atoms in total. The molecule has 0 fully saturated rings. The molecule has 0 radical (unpaired) electrons. The van der Waals surface area contributed by atoms with Gasteiger partial charge >= 0.3 is 0 Å². The Hall–Kier alpha value is -4.29. The minimum Gasteiger partial charge on any atom is -0.493 e. The number of hydrogen-bond acceptors (Lipinski definition) is 7. The fourth-order valence-electron chi connectivity index (χ4n) is 4.94. The van der Waals surface area contributed by atoms with Crippen LogP contribution in [0.3, 0.4) is 0 Å². The highest BCUT2D eigenvalue weighted by Gasteiger charge is 2.33. The summed E-state index contributed by atoms with van der Waals surface area (Å²) in [5.74, 6) is -0.489. The van der Waals surface area contributed by atoms with Gasteiger partial charge in [-0.25, -0.2) is 8.42 Å². The molecule has 9 heteroatoms. The van der Waals surface area contributed by atoms with Gasteiger partial charge in [0.25, 0.3) is 5.56 Å². The third-order valence-corrected chi connectivity index (χ3v) is 8.71. The third-order valence-electron chi connectivity index (χ3n) is 6.92. The number of benzene rings is 2. The van der Waals surface area contributed by atoms with Crippen LogP contribution >= 0.6 is 0 Å². The summed E-state index contributed by atoms with van der Waals surface area (Å²) in [7, 11) is -4.43. The molecule has 4 aromatic rings. The molecule has 0 aliphatic heterocycles. The molecule has 0 saturated heterocycles. The Morgan fingerprint density at radius 2 is 1.82 bits per heavy atom. The van der Waals surface area contributed by atoms with Crippen molar-refractivity contribution in [2.75, 3.05) is 0 Å². The molecule has 4 rings (SSSR count). The highest BCUT2D eigenvalue weighted by Crippen LogP contribution is 2.36. The minimum atomic E-state index is -4.43. The van der Waals surface area contributed by atoms with E-state index < -0.39 is 32.2 Å². The van der Waals surface area contributed by atoms with Gasteiger partial charge in [-0.3, -0.25) is 14.3 Å². The summed E-state index contributed by atoms with van der Waals surface area (Å²) in [6.45, 7) is 7.77. The quantitative estimate of drug-likeness (QED) is 0.284. The zero-order valence-corrected chi connectivity index (χ0v) is 23.8. The Balaban J connectivity index is 1.91. The maximum atomic E-state index is 13.8. The molecule has 1 atom stereocenters. The van der Waals surface area contributed by atoms with Crippen LogP contribution in [-0.4, -0.2) is 28.1 Å². The summed E-state index contributed by atoms with van der Waals surface area (Å²) in [6, 6.07) is 16.5. The van der Waals surface area contributed by atoms with Crippen molar-refractivity contribution in [1.29, 1.82) is 5.26 Å². The number of aromatic nitrogens is 3.